The minimum atomic E-state index is 1.11. The monoisotopic (exact) mass is 206 g/mol. The molecule has 1 nitrogen and oxygen atoms in total. The molecule has 0 radical (unpaired) electrons. The summed E-state index contributed by atoms with van der Waals surface area (Å²) in [7, 11) is 0. The first kappa shape index (κ1) is 12.3. The van der Waals surface area contributed by atoms with Gasteiger partial charge >= 0.3 is 0 Å². The number of rotatable bonds is 4. The molecule has 1 rings (SSSR count). The summed E-state index contributed by atoms with van der Waals surface area (Å²) in [4.78, 5) is 0. The van der Waals surface area contributed by atoms with Crippen LogP contribution in [-0.4, -0.2) is 0 Å². The first-order chi connectivity index (χ1) is 7.19. The van der Waals surface area contributed by atoms with Gasteiger partial charge < -0.3 is 5.73 Å². The van der Waals surface area contributed by atoms with Crippen molar-refractivity contribution in [2.75, 3.05) is 0 Å². The zero-order valence-corrected chi connectivity index (χ0v) is 10.6. The standard InChI is InChI=1S/C14H23N/c1-5-10-9-14(15)13(8-4)12(7-3)11(10)6-2/h9H,5-8,15H2,1-4H3/p+1. The van der Waals surface area contributed by atoms with Gasteiger partial charge in [-0.05, 0) is 42.4 Å². The summed E-state index contributed by atoms with van der Waals surface area (Å²) >= 11 is 0. The van der Waals surface area contributed by atoms with Crippen LogP contribution in [0.15, 0.2) is 6.07 Å². The summed E-state index contributed by atoms with van der Waals surface area (Å²) in [5, 5.41) is 0. The SMILES string of the molecule is CCc1cc([NH3+])c(CC)c(CC)c1CC. The minimum absolute atomic E-state index is 1.11. The molecule has 84 valence electrons. The lowest BCUT2D eigenvalue weighted by molar-refractivity contribution is -0.255. The summed E-state index contributed by atoms with van der Waals surface area (Å²) in [6.07, 6.45) is 4.53. The Kier molecular flexibility index (Phi) is 4.34. The number of aryl methyl sites for hydroxylation is 1. The van der Waals surface area contributed by atoms with E-state index >= 15 is 0 Å². The van der Waals surface area contributed by atoms with E-state index in [2.05, 4.69) is 39.5 Å². The van der Waals surface area contributed by atoms with Crippen LogP contribution in [0, 0.1) is 0 Å². The van der Waals surface area contributed by atoms with Crippen LogP contribution in [0.1, 0.15) is 49.9 Å². The van der Waals surface area contributed by atoms with Gasteiger partial charge in [0.1, 0.15) is 5.69 Å². The molecule has 1 heteroatoms. The molecule has 0 aliphatic carbocycles. The Labute approximate surface area is 93.7 Å². The number of quaternary nitrogens is 1. The van der Waals surface area contributed by atoms with Gasteiger partial charge in [0, 0.05) is 11.6 Å². The molecule has 0 heterocycles. The van der Waals surface area contributed by atoms with E-state index in [1.54, 1.807) is 11.1 Å². The van der Waals surface area contributed by atoms with Crippen molar-refractivity contribution in [2.45, 2.75) is 53.4 Å². The van der Waals surface area contributed by atoms with E-state index in [1.165, 1.54) is 16.8 Å². The lowest BCUT2D eigenvalue weighted by atomic mass is 9.89. The van der Waals surface area contributed by atoms with Gasteiger partial charge in [0.25, 0.3) is 0 Å². The predicted octanol–water partition coefficient (Wildman–Crippen LogP) is 2.81. The van der Waals surface area contributed by atoms with Crippen LogP contribution < -0.4 is 5.73 Å². The fourth-order valence-electron chi connectivity index (χ4n) is 2.58. The van der Waals surface area contributed by atoms with Gasteiger partial charge in [0.15, 0.2) is 0 Å². The normalized spacial score (nSPS) is 10.7. The molecule has 0 spiro atoms. The second-order valence-corrected chi connectivity index (χ2v) is 4.04. The Morgan fingerprint density at radius 2 is 1.33 bits per heavy atom. The van der Waals surface area contributed by atoms with Crippen molar-refractivity contribution in [2.24, 2.45) is 0 Å². The molecule has 3 N–H and O–H groups in total. The maximum atomic E-state index is 4.18. The van der Waals surface area contributed by atoms with Crippen LogP contribution in [0.25, 0.3) is 0 Å². The maximum absolute atomic E-state index is 4.18. The van der Waals surface area contributed by atoms with E-state index in [9.17, 15) is 0 Å². The Morgan fingerprint density at radius 1 is 0.800 bits per heavy atom. The summed E-state index contributed by atoms with van der Waals surface area (Å²) in [5.74, 6) is 0. The van der Waals surface area contributed by atoms with Gasteiger partial charge in [-0.1, -0.05) is 27.7 Å². The Hall–Kier alpha value is -0.820. The van der Waals surface area contributed by atoms with E-state index in [-0.39, 0.29) is 0 Å². The first-order valence-corrected chi connectivity index (χ1v) is 6.17. The Balaban J connectivity index is 3.44. The van der Waals surface area contributed by atoms with Crippen molar-refractivity contribution in [3.8, 4) is 0 Å². The molecule has 0 unspecified atom stereocenters. The molecule has 0 saturated heterocycles. The molecule has 0 bridgehead atoms. The van der Waals surface area contributed by atoms with Crippen LogP contribution in [0.2, 0.25) is 0 Å². The van der Waals surface area contributed by atoms with Gasteiger partial charge in [0.05, 0.1) is 0 Å². The summed E-state index contributed by atoms with van der Waals surface area (Å²) in [6.45, 7) is 8.98. The number of hydrogen-bond acceptors (Lipinski definition) is 0. The smallest absolute Gasteiger partial charge is 0.131 e. The summed E-state index contributed by atoms with van der Waals surface area (Å²) in [5.41, 5.74) is 11.5. The largest absolute Gasteiger partial charge is 0.325 e. The third kappa shape index (κ3) is 2.23. The van der Waals surface area contributed by atoms with Gasteiger partial charge in [-0.15, -0.1) is 0 Å². The van der Waals surface area contributed by atoms with Crippen molar-refractivity contribution in [1.29, 1.82) is 0 Å². The van der Waals surface area contributed by atoms with E-state index in [0.29, 0.717) is 0 Å². The van der Waals surface area contributed by atoms with Crippen molar-refractivity contribution in [3.05, 3.63) is 28.3 Å². The second kappa shape index (κ2) is 5.32. The van der Waals surface area contributed by atoms with Crippen molar-refractivity contribution < 1.29 is 5.73 Å². The third-order valence-corrected chi connectivity index (χ3v) is 3.29. The quantitative estimate of drug-likeness (QED) is 0.784. The zero-order chi connectivity index (χ0) is 11.4. The molecular weight excluding hydrogens is 182 g/mol. The lowest BCUT2D eigenvalue weighted by Crippen LogP contribution is -2.42. The van der Waals surface area contributed by atoms with Crippen LogP contribution in [0.4, 0.5) is 5.69 Å². The van der Waals surface area contributed by atoms with Crippen molar-refractivity contribution in [1.82, 2.24) is 0 Å². The molecule has 0 atom stereocenters. The Bertz CT molecular complexity index is 340. The van der Waals surface area contributed by atoms with E-state index in [1.807, 2.05) is 0 Å². The topological polar surface area (TPSA) is 27.6 Å². The molecule has 1 aromatic carbocycles. The lowest BCUT2D eigenvalue weighted by Gasteiger charge is -2.16. The molecule has 0 saturated carbocycles. The third-order valence-electron chi connectivity index (χ3n) is 3.29. The average Bonchev–Trinajstić information content (AvgIpc) is 2.27. The van der Waals surface area contributed by atoms with E-state index < -0.39 is 0 Å². The van der Waals surface area contributed by atoms with Gasteiger partial charge in [-0.3, -0.25) is 0 Å². The van der Waals surface area contributed by atoms with E-state index in [4.69, 9.17) is 0 Å². The average molecular weight is 206 g/mol. The highest BCUT2D eigenvalue weighted by molar-refractivity contribution is 5.53. The molecule has 0 fully saturated rings. The maximum Gasteiger partial charge on any atom is 0.131 e. The van der Waals surface area contributed by atoms with Crippen molar-refractivity contribution in [3.63, 3.8) is 0 Å². The van der Waals surface area contributed by atoms with Crippen LogP contribution in [0.5, 0.6) is 0 Å². The number of hydrogen-bond donors (Lipinski definition) is 1. The zero-order valence-electron chi connectivity index (χ0n) is 10.6. The molecule has 1 aromatic rings. The van der Waals surface area contributed by atoms with Crippen LogP contribution >= 0.6 is 0 Å². The molecule has 0 amide bonds. The van der Waals surface area contributed by atoms with Crippen LogP contribution in [-0.2, 0) is 25.7 Å². The predicted molar refractivity (Wildman–Crippen MR) is 66.5 cm³/mol. The highest BCUT2D eigenvalue weighted by Crippen LogP contribution is 2.26. The molecule has 0 aromatic heterocycles. The summed E-state index contributed by atoms with van der Waals surface area (Å²) < 4.78 is 0. The molecule has 0 aliphatic heterocycles. The highest BCUT2D eigenvalue weighted by atomic mass is 14.6. The highest BCUT2D eigenvalue weighted by Gasteiger charge is 2.13. The van der Waals surface area contributed by atoms with Gasteiger partial charge in [0.2, 0.25) is 0 Å². The molecule has 0 aliphatic rings. The van der Waals surface area contributed by atoms with Gasteiger partial charge in [-0.2, -0.15) is 0 Å². The molecular formula is C14H24N+. The minimum Gasteiger partial charge on any atom is -0.325 e. The van der Waals surface area contributed by atoms with Crippen LogP contribution in [0.3, 0.4) is 0 Å². The second-order valence-electron chi connectivity index (χ2n) is 4.04. The molecule has 15 heavy (non-hydrogen) atoms. The van der Waals surface area contributed by atoms with Crippen molar-refractivity contribution >= 4 is 5.69 Å². The number of benzene rings is 1. The first-order valence-electron chi connectivity index (χ1n) is 6.17. The Morgan fingerprint density at radius 3 is 1.73 bits per heavy atom. The fourth-order valence-corrected chi connectivity index (χ4v) is 2.58. The summed E-state index contributed by atoms with van der Waals surface area (Å²) in [6, 6.07) is 2.29. The van der Waals surface area contributed by atoms with E-state index in [0.717, 1.165) is 25.7 Å². The van der Waals surface area contributed by atoms with Gasteiger partial charge in [-0.25, -0.2) is 0 Å². The fraction of sp³-hybridized carbons (Fsp3) is 0.571.